The molecule has 0 aliphatic heterocycles. The van der Waals surface area contributed by atoms with Crippen molar-refractivity contribution in [3.63, 3.8) is 0 Å². The number of hydrogen-bond donors (Lipinski definition) is 2. The fourth-order valence-electron chi connectivity index (χ4n) is 1.00. The van der Waals surface area contributed by atoms with Crippen LogP contribution >= 0.6 is 0 Å². The van der Waals surface area contributed by atoms with Crippen LogP contribution in [0, 0.1) is 5.92 Å². The van der Waals surface area contributed by atoms with E-state index in [0.717, 1.165) is 12.8 Å². The predicted molar refractivity (Wildman–Crippen MR) is 50.9 cm³/mol. The maximum Gasteiger partial charge on any atom is 0.0849 e. The summed E-state index contributed by atoms with van der Waals surface area (Å²) in [7, 11) is 0. The Morgan fingerprint density at radius 3 is 2.58 bits per heavy atom. The second-order valence-corrected chi connectivity index (χ2v) is 3.76. The lowest BCUT2D eigenvalue weighted by Gasteiger charge is -2.20. The summed E-state index contributed by atoms with van der Waals surface area (Å²) in [6.07, 6.45) is 4.52. The molecule has 2 heteroatoms. The Morgan fingerprint density at radius 2 is 2.17 bits per heavy atom. The van der Waals surface area contributed by atoms with E-state index in [1.54, 1.807) is 6.92 Å². The van der Waals surface area contributed by atoms with Crippen molar-refractivity contribution in [1.82, 2.24) is 0 Å². The number of rotatable bonds is 6. The van der Waals surface area contributed by atoms with E-state index in [1.165, 1.54) is 0 Å². The van der Waals surface area contributed by atoms with Gasteiger partial charge in [-0.15, -0.1) is 6.58 Å². The summed E-state index contributed by atoms with van der Waals surface area (Å²) >= 11 is 0. The standard InChI is InChI=1S/C10H20O2/c1-4-9(2)6-5-7-10(3,12)8-11/h4,9,11-12H,1,5-8H2,2-3H3. The molecule has 0 radical (unpaired) electrons. The zero-order valence-corrected chi connectivity index (χ0v) is 8.08. The van der Waals surface area contributed by atoms with Crippen LogP contribution in [0.25, 0.3) is 0 Å². The maximum atomic E-state index is 9.43. The van der Waals surface area contributed by atoms with Gasteiger partial charge in [-0.3, -0.25) is 0 Å². The van der Waals surface area contributed by atoms with Gasteiger partial charge in [0.25, 0.3) is 0 Å². The molecule has 0 bridgehead atoms. The van der Waals surface area contributed by atoms with E-state index >= 15 is 0 Å². The van der Waals surface area contributed by atoms with E-state index in [-0.39, 0.29) is 6.61 Å². The van der Waals surface area contributed by atoms with E-state index in [0.29, 0.717) is 12.3 Å². The van der Waals surface area contributed by atoms with Crippen molar-refractivity contribution in [2.45, 2.75) is 38.7 Å². The molecule has 2 unspecified atom stereocenters. The monoisotopic (exact) mass is 172 g/mol. The average molecular weight is 172 g/mol. The third-order valence-corrected chi connectivity index (χ3v) is 2.12. The highest BCUT2D eigenvalue weighted by atomic mass is 16.3. The Morgan fingerprint density at radius 1 is 1.58 bits per heavy atom. The van der Waals surface area contributed by atoms with Gasteiger partial charge in [-0.1, -0.05) is 13.0 Å². The Hall–Kier alpha value is -0.340. The first-order valence-electron chi connectivity index (χ1n) is 4.47. The molecule has 0 saturated carbocycles. The summed E-state index contributed by atoms with van der Waals surface area (Å²) in [5.41, 5.74) is -0.902. The van der Waals surface area contributed by atoms with Crippen molar-refractivity contribution in [2.75, 3.05) is 6.61 Å². The molecule has 2 atom stereocenters. The zero-order valence-electron chi connectivity index (χ0n) is 8.08. The van der Waals surface area contributed by atoms with Gasteiger partial charge in [-0.2, -0.15) is 0 Å². The molecule has 0 aliphatic rings. The van der Waals surface area contributed by atoms with Crippen molar-refractivity contribution < 1.29 is 10.2 Å². The molecule has 0 fully saturated rings. The molecule has 0 aromatic heterocycles. The Balaban J connectivity index is 3.49. The summed E-state index contributed by atoms with van der Waals surface area (Å²) in [5.74, 6) is 0.500. The first-order chi connectivity index (χ1) is 5.52. The van der Waals surface area contributed by atoms with Gasteiger partial charge in [-0.25, -0.2) is 0 Å². The topological polar surface area (TPSA) is 40.5 Å². The van der Waals surface area contributed by atoms with Crippen LogP contribution in [0.15, 0.2) is 12.7 Å². The molecule has 0 heterocycles. The van der Waals surface area contributed by atoms with E-state index in [4.69, 9.17) is 5.11 Å². The molecule has 0 rings (SSSR count). The van der Waals surface area contributed by atoms with Crippen LogP contribution in [0.2, 0.25) is 0 Å². The first-order valence-corrected chi connectivity index (χ1v) is 4.47. The van der Waals surface area contributed by atoms with E-state index < -0.39 is 5.60 Å². The van der Waals surface area contributed by atoms with E-state index in [1.807, 2.05) is 6.08 Å². The third kappa shape index (κ3) is 5.33. The van der Waals surface area contributed by atoms with Crippen LogP contribution in [0.5, 0.6) is 0 Å². The maximum absolute atomic E-state index is 9.43. The van der Waals surface area contributed by atoms with Crippen LogP contribution in [0.1, 0.15) is 33.1 Å². The highest BCUT2D eigenvalue weighted by Crippen LogP contribution is 2.16. The first kappa shape index (κ1) is 11.7. The van der Waals surface area contributed by atoms with E-state index in [9.17, 15) is 5.11 Å². The van der Waals surface area contributed by atoms with Crippen LogP contribution in [-0.2, 0) is 0 Å². The fourth-order valence-corrected chi connectivity index (χ4v) is 1.00. The van der Waals surface area contributed by atoms with Crippen molar-refractivity contribution in [3.8, 4) is 0 Å². The fraction of sp³-hybridized carbons (Fsp3) is 0.800. The van der Waals surface area contributed by atoms with Gasteiger partial charge in [0.15, 0.2) is 0 Å². The molecule has 0 spiro atoms. The smallest absolute Gasteiger partial charge is 0.0849 e. The van der Waals surface area contributed by atoms with Gasteiger partial charge in [0.05, 0.1) is 12.2 Å². The highest BCUT2D eigenvalue weighted by Gasteiger charge is 2.17. The molecule has 0 aromatic rings. The van der Waals surface area contributed by atoms with Gasteiger partial charge < -0.3 is 10.2 Å². The normalized spacial score (nSPS) is 18.3. The number of aliphatic hydroxyl groups is 2. The molecule has 2 N–H and O–H groups in total. The summed E-state index contributed by atoms with van der Waals surface area (Å²) in [6.45, 7) is 7.28. The summed E-state index contributed by atoms with van der Waals surface area (Å²) in [5, 5.41) is 18.2. The third-order valence-electron chi connectivity index (χ3n) is 2.12. The number of allylic oxidation sites excluding steroid dienone is 1. The van der Waals surface area contributed by atoms with Gasteiger partial charge in [-0.05, 0) is 32.1 Å². The quantitative estimate of drug-likeness (QED) is 0.599. The Bertz CT molecular complexity index is 130. The van der Waals surface area contributed by atoms with Gasteiger partial charge in [0, 0.05) is 0 Å². The minimum atomic E-state index is -0.902. The molecular weight excluding hydrogens is 152 g/mol. The van der Waals surface area contributed by atoms with Crippen LogP contribution in [0.3, 0.4) is 0 Å². The Labute approximate surface area is 74.9 Å². The lowest BCUT2D eigenvalue weighted by atomic mass is 9.96. The number of aliphatic hydroxyl groups excluding tert-OH is 1. The minimum Gasteiger partial charge on any atom is -0.393 e. The number of hydrogen-bond acceptors (Lipinski definition) is 2. The van der Waals surface area contributed by atoms with Crippen molar-refractivity contribution in [2.24, 2.45) is 5.92 Å². The van der Waals surface area contributed by atoms with Crippen molar-refractivity contribution >= 4 is 0 Å². The van der Waals surface area contributed by atoms with Gasteiger partial charge >= 0.3 is 0 Å². The molecule has 0 saturated heterocycles. The lowest BCUT2D eigenvalue weighted by molar-refractivity contribution is -0.00724. The van der Waals surface area contributed by atoms with Gasteiger partial charge in [0.2, 0.25) is 0 Å². The summed E-state index contributed by atoms with van der Waals surface area (Å²) < 4.78 is 0. The largest absolute Gasteiger partial charge is 0.393 e. The van der Waals surface area contributed by atoms with Crippen molar-refractivity contribution in [3.05, 3.63) is 12.7 Å². The molecular formula is C10H20O2. The molecule has 12 heavy (non-hydrogen) atoms. The van der Waals surface area contributed by atoms with E-state index in [2.05, 4.69) is 13.5 Å². The van der Waals surface area contributed by atoms with Crippen LogP contribution in [0.4, 0.5) is 0 Å². The van der Waals surface area contributed by atoms with Crippen molar-refractivity contribution in [1.29, 1.82) is 0 Å². The molecule has 0 amide bonds. The molecule has 0 aliphatic carbocycles. The summed E-state index contributed by atoms with van der Waals surface area (Å²) in [4.78, 5) is 0. The second-order valence-electron chi connectivity index (χ2n) is 3.76. The molecule has 72 valence electrons. The molecule has 2 nitrogen and oxygen atoms in total. The highest BCUT2D eigenvalue weighted by molar-refractivity contribution is 4.77. The van der Waals surface area contributed by atoms with Gasteiger partial charge in [0.1, 0.15) is 0 Å². The summed E-state index contributed by atoms with van der Waals surface area (Å²) in [6, 6.07) is 0. The predicted octanol–water partition coefficient (Wildman–Crippen LogP) is 1.72. The van der Waals surface area contributed by atoms with Crippen LogP contribution < -0.4 is 0 Å². The minimum absolute atomic E-state index is 0.157. The Kier molecular flexibility index (Phi) is 5.18. The van der Waals surface area contributed by atoms with Crippen LogP contribution in [-0.4, -0.2) is 22.4 Å². The SMILES string of the molecule is C=CC(C)CCCC(C)(O)CO. The average Bonchev–Trinajstić information content (AvgIpc) is 2.04. The zero-order chi connectivity index (χ0) is 9.61. The lowest BCUT2D eigenvalue weighted by Crippen LogP contribution is -2.28. The second kappa shape index (κ2) is 5.33. The molecule has 0 aromatic carbocycles.